The minimum Gasteiger partial charge on any atom is -0.450 e. The number of anilines is 1. The van der Waals surface area contributed by atoms with Gasteiger partial charge in [-0.1, -0.05) is 0 Å². The van der Waals surface area contributed by atoms with Gasteiger partial charge in [-0.25, -0.2) is 4.79 Å². The molecular weight excluding hydrogens is 416 g/mol. The molecule has 0 unspecified atom stereocenters. The lowest BCUT2D eigenvalue weighted by Crippen LogP contribution is -2.41. The Morgan fingerprint density at radius 1 is 1.19 bits per heavy atom. The van der Waals surface area contributed by atoms with Crippen molar-refractivity contribution in [1.82, 2.24) is 10.2 Å². The molecule has 0 radical (unpaired) electrons. The number of hydrogen-bond acceptors (Lipinski definition) is 7. The number of benzene rings is 1. The van der Waals surface area contributed by atoms with Crippen molar-refractivity contribution in [3.8, 4) is 0 Å². The summed E-state index contributed by atoms with van der Waals surface area (Å²) in [4.78, 5) is 48.5. The highest BCUT2D eigenvalue weighted by molar-refractivity contribution is 6.05. The van der Waals surface area contributed by atoms with E-state index >= 15 is 0 Å². The van der Waals surface area contributed by atoms with Gasteiger partial charge in [-0.15, -0.1) is 0 Å². The quantitative estimate of drug-likeness (QED) is 0.238. The van der Waals surface area contributed by atoms with Crippen LogP contribution in [0.5, 0.6) is 0 Å². The van der Waals surface area contributed by atoms with Gasteiger partial charge in [-0.2, -0.15) is 0 Å². The average Bonchev–Trinajstić information content (AvgIpc) is 2.65. The van der Waals surface area contributed by atoms with Crippen LogP contribution in [0.15, 0.2) is 12.1 Å². The number of unbranched alkanes of at least 4 members (excludes halogenated alkanes) is 1. The van der Waals surface area contributed by atoms with Crippen LogP contribution >= 0.6 is 0 Å². The van der Waals surface area contributed by atoms with Crippen molar-refractivity contribution in [2.75, 3.05) is 26.0 Å². The van der Waals surface area contributed by atoms with Gasteiger partial charge in [-0.05, 0) is 59.9 Å². The number of nitrogens with zero attached hydrogens (tertiary/aromatic N) is 2. The molecule has 0 aliphatic rings. The maximum absolute atomic E-state index is 12.7. The van der Waals surface area contributed by atoms with E-state index in [1.54, 1.807) is 0 Å². The van der Waals surface area contributed by atoms with E-state index in [1.165, 1.54) is 38.1 Å². The van der Waals surface area contributed by atoms with Crippen LogP contribution in [0.3, 0.4) is 0 Å². The normalized spacial score (nSPS) is 12.0. The number of hydrogen-bond donors (Lipinski definition) is 2. The number of nitro groups is 1. The summed E-state index contributed by atoms with van der Waals surface area (Å²) in [5, 5.41) is 17.4. The third-order valence-electron chi connectivity index (χ3n) is 4.49. The lowest BCUT2D eigenvalue weighted by Gasteiger charge is -2.21. The van der Waals surface area contributed by atoms with E-state index in [0.29, 0.717) is 19.3 Å². The number of ether oxygens (including phenoxy) is 1. The van der Waals surface area contributed by atoms with Crippen LogP contribution in [0.25, 0.3) is 0 Å². The molecule has 0 aromatic heterocycles. The van der Waals surface area contributed by atoms with Crippen LogP contribution in [-0.4, -0.2) is 59.9 Å². The minimum absolute atomic E-state index is 0.0726. The Morgan fingerprint density at radius 2 is 1.81 bits per heavy atom. The SMILES string of the molecule is CC(=O)c1cc(C(=O)N(C)C)c(N[C@H](C)CCCCOC(=O)NC(C)(C)C)c([N+](=O)[O-])c1. The zero-order chi connectivity index (χ0) is 24.6. The Hall–Kier alpha value is -3.17. The monoisotopic (exact) mass is 450 g/mol. The standard InChI is InChI=1S/C22H34N4O6/c1-14(10-8-9-11-32-21(29)24-22(3,4)5)23-19-17(20(28)25(6)7)12-16(15(2)27)13-18(19)26(30)31/h12-14,23H,8-11H2,1-7H3,(H,24,29)/t14-/m1/s1. The Morgan fingerprint density at radius 3 is 2.31 bits per heavy atom. The molecule has 0 saturated heterocycles. The molecule has 1 rings (SSSR count). The van der Waals surface area contributed by atoms with Gasteiger partial charge in [0, 0.05) is 37.3 Å². The summed E-state index contributed by atoms with van der Waals surface area (Å²) in [6.07, 6.45) is 1.48. The van der Waals surface area contributed by atoms with E-state index in [4.69, 9.17) is 4.74 Å². The predicted molar refractivity (Wildman–Crippen MR) is 122 cm³/mol. The molecular formula is C22H34N4O6. The first kappa shape index (κ1) is 26.9. The minimum atomic E-state index is -0.602. The van der Waals surface area contributed by atoms with Crippen molar-refractivity contribution in [3.63, 3.8) is 0 Å². The van der Waals surface area contributed by atoms with Crippen molar-refractivity contribution in [2.24, 2.45) is 0 Å². The van der Waals surface area contributed by atoms with Gasteiger partial charge in [-0.3, -0.25) is 19.7 Å². The lowest BCUT2D eigenvalue weighted by atomic mass is 10.0. The molecule has 0 heterocycles. The zero-order valence-electron chi connectivity index (χ0n) is 19.9. The number of nitrogens with one attached hydrogen (secondary N) is 2. The number of rotatable bonds is 10. The summed E-state index contributed by atoms with van der Waals surface area (Å²) in [6, 6.07) is 2.37. The number of carbonyl (C=O) groups is 3. The second-order valence-corrected chi connectivity index (χ2v) is 8.98. The molecule has 0 fully saturated rings. The van der Waals surface area contributed by atoms with Gasteiger partial charge in [0.25, 0.3) is 11.6 Å². The molecule has 0 saturated carbocycles. The fourth-order valence-electron chi connectivity index (χ4n) is 2.91. The number of carbonyl (C=O) groups excluding carboxylic acids is 3. The van der Waals surface area contributed by atoms with E-state index in [0.717, 1.165) is 0 Å². The molecule has 0 spiro atoms. The van der Waals surface area contributed by atoms with Gasteiger partial charge < -0.3 is 20.3 Å². The highest BCUT2D eigenvalue weighted by atomic mass is 16.6. The summed E-state index contributed by atoms with van der Waals surface area (Å²) < 4.78 is 5.14. The number of ketones is 1. The molecule has 0 aliphatic carbocycles. The Balaban J connectivity index is 2.87. The van der Waals surface area contributed by atoms with Crippen molar-refractivity contribution in [3.05, 3.63) is 33.4 Å². The third-order valence-corrected chi connectivity index (χ3v) is 4.49. The van der Waals surface area contributed by atoms with Gasteiger partial charge in [0.15, 0.2) is 5.78 Å². The highest BCUT2D eigenvalue weighted by Crippen LogP contribution is 2.32. The fraction of sp³-hybridized carbons (Fsp3) is 0.591. The lowest BCUT2D eigenvalue weighted by molar-refractivity contribution is -0.384. The molecule has 32 heavy (non-hydrogen) atoms. The van der Waals surface area contributed by atoms with Gasteiger partial charge >= 0.3 is 6.09 Å². The van der Waals surface area contributed by atoms with Crippen molar-refractivity contribution in [1.29, 1.82) is 0 Å². The summed E-state index contributed by atoms with van der Waals surface area (Å²) in [6.45, 7) is 8.98. The summed E-state index contributed by atoms with van der Waals surface area (Å²) >= 11 is 0. The molecule has 10 heteroatoms. The van der Waals surface area contributed by atoms with E-state index < -0.39 is 16.9 Å². The van der Waals surface area contributed by atoms with Crippen molar-refractivity contribution >= 4 is 29.2 Å². The summed E-state index contributed by atoms with van der Waals surface area (Å²) in [7, 11) is 3.08. The molecule has 1 aromatic carbocycles. The molecule has 2 N–H and O–H groups in total. The van der Waals surface area contributed by atoms with Crippen LogP contribution in [0.2, 0.25) is 0 Å². The molecule has 10 nitrogen and oxygen atoms in total. The van der Waals surface area contributed by atoms with Crippen molar-refractivity contribution in [2.45, 2.75) is 65.5 Å². The van der Waals surface area contributed by atoms with Gasteiger partial charge in [0.05, 0.1) is 17.1 Å². The van der Waals surface area contributed by atoms with Crippen molar-refractivity contribution < 1.29 is 24.0 Å². The fourth-order valence-corrected chi connectivity index (χ4v) is 2.91. The second-order valence-electron chi connectivity index (χ2n) is 8.98. The molecule has 2 amide bonds. The first-order valence-electron chi connectivity index (χ1n) is 10.5. The van der Waals surface area contributed by atoms with E-state index in [9.17, 15) is 24.5 Å². The van der Waals surface area contributed by atoms with Crippen LogP contribution in [-0.2, 0) is 4.74 Å². The number of nitro benzene ring substituents is 1. The third kappa shape index (κ3) is 8.52. The number of Topliss-reactive ketones (excluding diaryl/α,β-unsaturated/α-hetero) is 1. The smallest absolute Gasteiger partial charge is 0.407 e. The zero-order valence-corrected chi connectivity index (χ0v) is 19.9. The van der Waals surface area contributed by atoms with Gasteiger partial charge in [0.2, 0.25) is 0 Å². The topological polar surface area (TPSA) is 131 Å². The van der Waals surface area contributed by atoms with E-state index in [1.807, 2.05) is 27.7 Å². The first-order chi connectivity index (χ1) is 14.7. The predicted octanol–water partition coefficient (Wildman–Crippen LogP) is 3.99. The Kier molecular flexibility index (Phi) is 9.61. The molecule has 0 aliphatic heterocycles. The van der Waals surface area contributed by atoms with Crippen LogP contribution in [0, 0.1) is 10.1 Å². The summed E-state index contributed by atoms with van der Waals surface area (Å²) in [5.41, 5.74) is -0.428. The molecule has 1 atom stereocenters. The second kappa shape index (κ2) is 11.4. The number of amides is 2. The first-order valence-corrected chi connectivity index (χ1v) is 10.5. The largest absolute Gasteiger partial charge is 0.450 e. The van der Waals surface area contributed by atoms with Crippen LogP contribution < -0.4 is 10.6 Å². The van der Waals surface area contributed by atoms with Gasteiger partial charge in [0.1, 0.15) is 5.69 Å². The molecule has 178 valence electrons. The van der Waals surface area contributed by atoms with E-state index in [2.05, 4.69) is 10.6 Å². The number of alkyl carbamates (subject to hydrolysis) is 1. The van der Waals surface area contributed by atoms with Crippen LogP contribution in [0.1, 0.15) is 74.6 Å². The van der Waals surface area contributed by atoms with Crippen LogP contribution in [0.4, 0.5) is 16.2 Å². The summed E-state index contributed by atoms with van der Waals surface area (Å²) in [5.74, 6) is -0.805. The highest BCUT2D eigenvalue weighted by Gasteiger charge is 2.26. The molecule has 1 aromatic rings. The Bertz CT molecular complexity index is 861. The average molecular weight is 451 g/mol. The maximum Gasteiger partial charge on any atom is 0.407 e. The van der Waals surface area contributed by atoms with E-state index in [-0.39, 0.29) is 46.5 Å². The molecule has 0 bridgehead atoms. The Labute approximate surface area is 188 Å². The maximum atomic E-state index is 12.7.